The molecule has 114 valence electrons. The van der Waals surface area contributed by atoms with Gasteiger partial charge in [0.25, 0.3) is 0 Å². The van der Waals surface area contributed by atoms with Crippen LogP contribution in [-0.4, -0.2) is 42.1 Å². The Balaban J connectivity index is 2.06. The highest BCUT2D eigenvalue weighted by molar-refractivity contribution is 5.37. The number of aryl methyl sites for hydroxylation is 1. The van der Waals surface area contributed by atoms with E-state index in [0.29, 0.717) is 19.7 Å². The van der Waals surface area contributed by atoms with Gasteiger partial charge in [-0.25, -0.2) is 9.67 Å². The molecule has 0 saturated carbocycles. The maximum atomic E-state index is 5.41. The Hall–Kier alpha value is -1.92. The molecular weight excluding hydrogens is 268 g/mol. The van der Waals surface area contributed by atoms with Crippen LogP contribution < -0.4 is 10.1 Å². The molecular formula is C15H22N4O2. The highest BCUT2D eigenvalue weighted by atomic mass is 16.5. The minimum atomic E-state index is 0.645. The van der Waals surface area contributed by atoms with Gasteiger partial charge in [0.1, 0.15) is 17.9 Å². The van der Waals surface area contributed by atoms with Gasteiger partial charge in [-0.3, -0.25) is 0 Å². The van der Waals surface area contributed by atoms with Crippen molar-refractivity contribution in [2.45, 2.75) is 20.0 Å². The predicted molar refractivity (Wildman–Crippen MR) is 80.4 cm³/mol. The molecule has 0 amide bonds. The number of nitrogens with one attached hydrogen (secondary N) is 1. The van der Waals surface area contributed by atoms with Crippen molar-refractivity contribution in [3.05, 3.63) is 41.5 Å². The fourth-order valence-electron chi connectivity index (χ4n) is 2.12. The first-order valence-corrected chi connectivity index (χ1v) is 6.94. The first-order chi connectivity index (χ1) is 10.2. The molecule has 0 atom stereocenters. The maximum absolute atomic E-state index is 5.41. The van der Waals surface area contributed by atoms with Crippen LogP contribution in [0.25, 0.3) is 0 Å². The molecule has 1 heterocycles. The number of rotatable bonds is 8. The number of hydrogen-bond acceptors (Lipinski definition) is 5. The summed E-state index contributed by atoms with van der Waals surface area (Å²) in [6, 6.07) is 6.14. The highest BCUT2D eigenvalue weighted by Crippen LogP contribution is 2.20. The van der Waals surface area contributed by atoms with Crippen molar-refractivity contribution >= 4 is 0 Å². The second kappa shape index (κ2) is 7.75. The van der Waals surface area contributed by atoms with Crippen LogP contribution in [0.2, 0.25) is 0 Å². The SMILES string of the molecule is COCCNCc1ncnn1Cc1cc(C)ccc1OC. The lowest BCUT2D eigenvalue weighted by molar-refractivity contribution is 0.198. The van der Waals surface area contributed by atoms with Gasteiger partial charge in [0, 0.05) is 19.2 Å². The molecule has 1 aromatic heterocycles. The fraction of sp³-hybridized carbons (Fsp3) is 0.467. The smallest absolute Gasteiger partial charge is 0.141 e. The van der Waals surface area contributed by atoms with Gasteiger partial charge in [-0.05, 0) is 13.0 Å². The predicted octanol–water partition coefficient (Wildman–Crippen LogP) is 1.38. The Morgan fingerprint density at radius 3 is 2.90 bits per heavy atom. The van der Waals surface area contributed by atoms with Gasteiger partial charge in [-0.1, -0.05) is 17.7 Å². The van der Waals surface area contributed by atoms with Crippen LogP contribution >= 0.6 is 0 Å². The second-order valence-electron chi connectivity index (χ2n) is 4.82. The summed E-state index contributed by atoms with van der Waals surface area (Å²) in [4.78, 5) is 4.30. The highest BCUT2D eigenvalue weighted by Gasteiger charge is 2.09. The summed E-state index contributed by atoms with van der Waals surface area (Å²) >= 11 is 0. The van der Waals surface area contributed by atoms with E-state index in [1.54, 1.807) is 20.5 Å². The van der Waals surface area contributed by atoms with Crippen molar-refractivity contribution < 1.29 is 9.47 Å². The molecule has 0 spiro atoms. The third-order valence-electron chi connectivity index (χ3n) is 3.22. The number of hydrogen-bond donors (Lipinski definition) is 1. The summed E-state index contributed by atoms with van der Waals surface area (Å²) < 4.78 is 12.3. The van der Waals surface area contributed by atoms with E-state index in [4.69, 9.17) is 9.47 Å². The average molecular weight is 290 g/mol. The molecule has 2 rings (SSSR count). The molecule has 0 unspecified atom stereocenters. The number of nitrogens with zero attached hydrogens (tertiary/aromatic N) is 3. The van der Waals surface area contributed by atoms with Crippen LogP contribution in [-0.2, 0) is 17.8 Å². The monoisotopic (exact) mass is 290 g/mol. The molecule has 0 saturated heterocycles. The number of methoxy groups -OCH3 is 2. The Labute approximate surface area is 125 Å². The van der Waals surface area contributed by atoms with Gasteiger partial charge in [0.05, 0.1) is 26.8 Å². The van der Waals surface area contributed by atoms with Crippen molar-refractivity contribution in [3.63, 3.8) is 0 Å². The van der Waals surface area contributed by atoms with Crippen molar-refractivity contribution in [1.82, 2.24) is 20.1 Å². The molecule has 2 aromatic rings. The van der Waals surface area contributed by atoms with Gasteiger partial charge in [-0.15, -0.1) is 0 Å². The average Bonchev–Trinajstić information content (AvgIpc) is 2.91. The van der Waals surface area contributed by atoms with E-state index >= 15 is 0 Å². The summed E-state index contributed by atoms with van der Waals surface area (Å²) in [5, 5.41) is 7.57. The first-order valence-electron chi connectivity index (χ1n) is 6.94. The third kappa shape index (κ3) is 4.27. The molecule has 0 fully saturated rings. The summed E-state index contributed by atoms with van der Waals surface area (Å²) in [7, 11) is 3.37. The van der Waals surface area contributed by atoms with Crippen LogP contribution in [0.3, 0.4) is 0 Å². The second-order valence-corrected chi connectivity index (χ2v) is 4.82. The molecule has 0 aliphatic heterocycles. The van der Waals surface area contributed by atoms with Crippen LogP contribution in [0.15, 0.2) is 24.5 Å². The van der Waals surface area contributed by atoms with E-state index in [2.05, 4.69) is 28.4 Å². The Morgan fingerprint density at radius 2 is 2.14 bits per heavy atom. The van der Waals surface area contributed by atoms with E-state index < -0.39 is 0 Å². The van der Waals surface area contributed by atoms with Crippen LogP contribution in [0.1, 0.15) is 17.0 Å². The van der Waals surface area contributed by atoms with Crippen LogP contribution in [0.4, 0.5) is 0 Å². The summed E-state index contributed by atoms with van der Waals surface area (Å²) in [5.41, 5.74) is 2.30. The van der Waals surface area contributed by atoms with Gasteiger partial charge in [0.2, 0.25) is 0 Å². The molecule has 1 aromatic carbocycles. The van der Waals surface area contributed by atoms with E-state index in [9.17, 15) is 0 Å². The Morgan fingerprint density at radius 1 is 1.29 bits per heavy atom. The first kappa shape index (κ1) is 15.5. The molecule has 1 N–H and O–H groups in total. The minimum absolute atomic E-state index is 0.645. The zero-order valence-corrected chi connectivity index (χ0v) is 12.8. The molecule has 0 aliphatic rings. The lowest BCUT2D eigenvalue weighted by atomic mass is 10.1. The van der Waals surface area contributed by atoms with Crippen LogP contribution in [0.5, 0.6) is 5.75 Å². The van der Waals surface area contributed by atoms with E-state index in [-0.39, 0.29) is 0 Å². The molecule has 0 bridgehead atoms. The quantitative estimate of drug-likeness (QED) is 0.744. The zero-order valence-electron chi connectivity index (χ0n) is 12.8. The molecule has 6 nitrogen and oxygen atoms in total. The number of ether oxygens (including phenoxy) is 2. The fourth-order valence-corrected chi connectivity index (χ4v) is 2.12. The van der Waals surface area contributed by atoms with Crippen molar-refractivity contribution in [2.24, 2.45) is 0 Å². The lowest BCUT2D eigenvalue weighted by Gasteiger charge is -2.11. The summed E-state index contributed by atoms with van der Waals surface area (Å²) in [6.07, 6.45) is 1.58. The molecule has 21 heavy (non-hydrogen) atoms. The van der Waals surface area contributed by atoms with Gasteiger partial charge < -0.3 is 14.8 Å². The van der Waals surface area contributed by atoms with Crippen LogP contribution in [0, 0.1) is 6.92 Å². The van der Waals surface area contributed by atoms with E-state index in [1.165, 1.54) is 5.56 Å². The topological polar surface area (TPSA) is 61.2 Å². The standard InChI is InChI=1S/C15H22N4O2/c1-12-4-5-14(21-3)13(8-12)10-19-15(17-11-18-19)9-16-6-7-20-2/h4-5,8,11,16H,6-7,9-10H2,1-3H3. The lowest BCUT2D eigenvalue weighted by Crippen LogP contribution is -2.21. The van der Waals surface area contributed by atoms with E-state index in [1.807, 2.05) is 16.8 Å². The van der Waals surface area contributed by atoms with E-state index in [0.717, 1.165) is 23.7 Å². The number of benzene rings is 1. The normalized spacial score (nSPS) is 10.8. The Bertz CT molecular complexity index is 569. The Kier molecular flexibility index (Phi) is 5.71. The third-order valence-corrected chi connectivity index (χ3v) is 3.22. The van der Waals surface area contributed by atoms with Gasteiger partial charge in [-0.2, -0.15) is 5.10 Å². The largest absolute Gasteiger partial charge is 0.496 e. The van der Waals surface area contributed by atoms with Gasteiger partial charge in [0.15, 0.2) is 0 Å². The van der Waals surface area contributed by atoms with Gasteiger partial charge >= 0.3 is 0 Å². The summed E-state index contributed by atoms with van der Waals surface area (Å²) in [5.74, 6) is 1.77. The van der Waals surface area contributed by atoms with Crippen molar-refractivity contribution in [3.8, 4) is 5.75 Å². The van der Waals surface area contributed by atoms with Crippen molar-refractivity contribution in [2.75, 3.05) is 27.4 Å². The molecule has 0 aliphatic carbocycles. The minimum Gasteiger partial charge on any atom is -0.496 e. The number of aromatic nitrogens is 3. The summed E-state index contributed by atoms with van der Waals surface area (Å²) in [6.45, 7) is 4.85. The molecule has 0 radical (unpaired) electrons. The molecule has 6 heteroatoms. The van der Waals surface area contributed by atoms with Crippen molar-refractivity contribution in [1.29, 1.82) is 0 Å². The zero-order chi connectivity index (χ0) is 15.1. The maximum Gasteiger partial charge on any atom is 0.141 e.